The Morgan fingerprint density at radius 2 is 0.222 bits per heavy atom. The van der Waals surface area contributed by atoms with E-state index < -0.39 is 0 Å². The second-order valence-corrected chi connectivity index (χ2v) is 0.707. The third kappa shape index (κ3) is 273. The maximum atomic E-state index is 6.21. The van der Waals surface area contributed by atoms with Crippen molar-refractivity contribution in [1.29, 1.82) is 0 Å². The monoisotopic (exact) mass is 2680 g/mol. The van der Waals surface area contributed by atoms with E-state index in [1.807, 2.05) is 0 Å². The van der Waals surface area contributed by atoms with Crippen molar-refractivity contribution >= 4 is 0 Å². The van der Waals surface area contributed by atoms with Crippen LogP contribution in [0.1, 0.15) is 21.3 Å². The molecule has 0 aliphatic carbocycles. The van der Waals surface area contributed by atoms with Crippen molar-refractivity contribution in [2.45, 2.75) is 21.3 Å². The van der Waals surface area contributed by atoms with E-state index >= 15 is 0 Å². The minimum atomic E-state index is 0. The molecule has 0 fully saturated rings. The van der Waals surface area contributed by atoms with E-state index in [1.54, 1.807) is 13.8 Å². The summed E-state index contributed by atoms with van der Waals surface area (Å²) in [5.74, 6) is 0. The van der Waals surface area contributed by atoms with E-state index in [1.165, 1.54) is 0 Å². The van der Waals surface area contributed by atoms with Crippen LogP contribution in [0.4, 0.5) is 0 Å². The molecular weight excluding hydrogens is 2670 g/mol. The molecule has 0 aliphatic heterocycles. The number of rotatable bonds is 0. The van der Waals surface area contributed by atoms with Gasteiger partial charge in [-0.3, -0.25) is 0 Å². The number of hydrogen-bond donors (Lipinski definition) is 0. The Hall–Kier alpha value is 31.9. The van der Waals surface area contributed by atoms with Crippen LogP contribution in [-0.4, -0.2) is 13.1 Å². The van der Waals surface area contributed by atoms with Gasteiger partial charge in [-0.25, -0.2) is 0 Å². The van der Waals surface area contributed by atoms with Gasteiger partial charge in [0.2, 0.25) is 0 Å². The molecule has 0 amide bonds. The minimum absolute atomic E-state index is 0. The van der Waals surface area contributed by atoms with Crippen molar-refractivity contribution in [2.75, 3.05) is 13.1 Å². The molecule has 29 radical (unpaired) electrons. The Bertz CT molecular complexity index is 33.6. The molecule has 0 saturated heterocycles. The molecule has 2 nitrogen and oxygen atoms in total. The standard InChI is InChI=1S/2C2H6N.CH4.29Y/c2*1-2-3;;;;;;;;;;;;;;;;;;;;;;;;;;;;;;/h2*3H,2H2,1H3;1H4;;;;;;;;;;;;;;;;;;;;;;;;;;;;;/q2*-1;;;;;;;;;;;;;;;;;;;;;;;;;;;;;;. The first-order valence-electron chi connectivity index (χ1n) is 2.12. The first-order valence-corrected chi connectivity index (χ1v) is 2.12. The van der Waals surface area contributed by atoms with Crippen LogP contribution in [-0.2, 0) is 949 Å². The average molecular weight is 2680 g/mol. The molecule has 0 atom stereocenters. The second-order valence-electron chi connectivity index (χ2n) is 0.707. The van der Waals surface area contributed by atoms with Crippen LogP contribution in [0.15, 0.2) is 0 Å². The first kappa shape index (κ1) is 236. The molecule has 0 heterocycles. The van der Waals surface area contributed by atoms with Gasteiger partial charge in [0.05, 0.1) is 0 Å². The van der Waals surface area contributed by atoms with Crippen LogP contribution in [0.5, 0.6) is 0 Å². The largest absolute Gasteiger partial charge is 0.678 e. The maximum Gasteiger partial charge on any atom is 0 e. The Balaban J connectivity index is -0.000000000162. The van der Waals surface area contributed by atoms with E-state index in [0.29, 0.717) is 13.1 Å². The molecule has 36 heavy (non-hydrogen) atoms. The van der Waals surface area contributed by atoms with Gasteiger partial charge < -0.3 is 11.5 Å². The fraction of sp³-hybridized carbons (Fsp3) is 1.00. The Labute approximate surface area is 957 Å². The predicted octanol–water partition coefficient (Wildman–Crippen LogP) is 2.68. The normalized spacial score (nSPS) is 1.00. The molecule has 0 aromatic heterocycles. The zero-order chi connectivity index (χ0) is 5.41. The molecule has 0 bridgehead atoms. The van der Waals surface area contributed by atoms with Gasteiger partial charge in [-0.05, 0) is 0 Å². The molecule has 0 unspecified atom stereocenters. The van der Waals surface area contributed by atoms with Crippen molar-refractivity contribution in [3.05, 3.63) is 11.5 Å². The van der Waals surface area contributed by atoms with Gasteiger partial charge >= 0.3 is 0 Å². The fourth-order valence-corrected chi connectivity index (χ4v) is 0. The van der Waals surface area contributed by atoms with E-state index in [4.69, 9.17) is 11.5 Å². The van der Waals surface area contributed by atoms with Crippen molar-refractivity contribution in [2.24, 2.45) is 0 Å². The summed E-state index contributed by atoms with van der Waals surface area (Å²) in [6.45, 7) is 4.58. The van der Waals surface area contributed by atoms with Crippen molar-refractivity contribution < 1.29 is 949 Å². The first-order chi connectivity index (χ1) is 2.83. The molecule has 0 spiro atoms. The molecule has 0 aromatic carbocycles. The minimum Gasteiger partial charge on any atom is -0.678 e. The molecule has 0 aliphatic rings. The average Bonchev–Trinajstić information content (AvgIpc) is 1.39. The van der Waals surface area contributed by atoms with Gasteiger partial charge in [-0.15, -0.1) is 0 Å². The van der Waals surface area contributed by atoms with E-state index in [9.17, 15) is 0 Å². The molecule has 0 aromatic rings. The van der Waals surface area contributed by atoms with Gasteiger partial charge in [0.1, 0.15) is 0 Å². The van der Waals surface area contributed by atoms with Gasteiger partial charge in [0, 0.05) is 949 Å². The molecule has 31 heteroatoms. The summed E-state index contributed by atoms with van der Waals surface area (Å²) in [6.07, 6.45) is 0. The van der Waals surface area contributed by atoms with Gasteiger partial charge in [-0.2, -0.15) is 13.1 Å². The van der Waals surface area contributed by atoms with Crippen LogP contribution in [0, 0.1) is 0 Å². The predicted molar refractivity (Wildman–Crippen MR) is 36.5 cm³/mol. The summed E-state index contributed by atoms with van der Waals surface area (Å²) in [6, 6.07) is 0. The summed E-state index contributed by atoms with van der Waals surface area (Å²) in [7, 11) is 0. The Morgan fingerprint density at radius 3 is 0.222 bits per heavy atom. The van der Waals surface area contributed by atoms with Crippen LogP contribution < -0.4 is 0 Å². The van der Waals surface area contributed by atoms with Gasteiger partial charge in [-0.1, -0.05) is 21.3 Å². The van der Waals surface area contributed by atoms with Crippen molar-refractivity contribution in [3.63, 3.8) is 0 Å². The summed E-state index contributed by atoms with van der Waals surface area (Å²) in [5, 5.41) is 0. The second kappa shape index (κ2) is 253. The zero-order valence-electron chi connectivity index (χ0n) is 21.2. The third-order valence-corrected chi connectivity index (χ3v) is 0. The Morgan fingerprint density at radius 1 is 0.222 bits per heavy atom. The van der Waals surface area contributed by atoms with Crippen LogP contribution in [0.3, 0.4) is 0 Å². The summed E-state index contributed by atoms with van der Waals surface area (Å²) < 4.78 is 0. The van der Waals surface area contributed by atoms with E-state index in [2.05, 4.69) is 0 Å². The topological polar surface area (TPSA) is 47.6 Å². The third-order valence-electron chi connectivity index (χ3n) is 0. The Kier molecular flexibility index (Phi) is 1650. The summed E-state index contributed by atoms with van der Waals surface area (Å²) >= 11 is 0. The van der Waals surface area contributed by atoms with Crippen LogP contribution in [0.25, 0.3) is 11.5 Å². The fourth-order valence-electron chi connectivity index (χ4n) is 0. The molecule has 0 saturated carbocycles. The SMILES string of the molecule is C.CC[NH-].CC[NH-].[Y].[Y].[Y].[Y].[Y].[Y].[Y].[Y].[Y].[Y].[Y].[Y].[Y].[Y].[Y].[Y].[Y].[Y].[Y].[Y].[Y].[Y].[Y].[Y].[Y].[Y].[Y].[Y].[Y]. The molecule has 0 rings (SSSR count). The molecule has 2 N–H and O–H groups in total. The maximum absolute atomic E-state index is 6.21. The van der Waals surface area contributed by atoms with Crippen molar-refractivity contribution in [1.82, 2.24) is 0 Å². The van der Waals surface area contributed by atoms with Crippen molar-refractivity contribution in [3.8, 4) is 0 Å². The van der Waals surface area contributed by atoms with E-state index in [0.717, 1.165) is 0 Å². The molecule has 135 valence electrons. The zero-order valence-corrected chi connectivity index (χ0v) is 103. The van der Waals surface area contributed by atoms with Gasteiger partial charge in [0.15, 0.2) is 0 Å². The smallest absolute Gasteiger partial charge is 0 e. The number of hydrogen-bond acceptors (Lipinski definition) is 0. The van der Waals surface area contributed by atoms with Crippen LogP contribution in [0.2, 0.25) is 0 Å². The molecular formula is C5H16N2Y29-2. The van der Waals surface area contributed by atoms with Gasteiger partial charge in [0.25, 0.3) is 0 Å². The van der Waals surface area contributed by atoms with Crippen LogP contribution >= 0.6 is 0 Å². The summed E-state index contributed by atoms with van der Waals surface area (Å²) in [4.78, 5) is 0. The summed E-state index contributed by atoms with van der Waals surface area (Å²) in [5.41, 5.74) is 12.4. The number of nitrogens with one attached hydrogen (secondary N) is 2. The quantitative estimate of drug-likeness (QED) is 0.359. The van der Waals surface area contributed by atoms with E-state index in [-0.39, 0.29) is 956 Å².